The normalized spacial score (nSPS) is 15.3. The fourth-order valence-electron chi connectivity index (χ4n) is 1.76. The predicted molar refractivity (Wildman–Crippen MR) is 61.5 cm³/mol. The Balaban J connectivity index is 2.71. The first-order chi connectivity index (χ1) is 7.15. The van der Waals surface area contributed by atoms with Gasteiger partial charge in [0.2, 0.25) is 0 Å². The Morgan fingerprint density at radius 2 is 2.20 bits per heavy atom. The third kappa shape index (κ3) is 3.61. The summed E-state index contributed by atoms with van der Waals surface area (Å²) in [6, 6.07) is 3.84. The molecule has 0 saturated heterocycles. The molecule has 0 amide bonds. The Bertz CT molecular complexity index is 274. The van der Waals surface area contributed by atoms with Crippen LogP contribution in [0.3, 0.4) is 0 Å². The minimum Gasteiger partial charge on any atom is -0.392 e. The van der Waals surface area contributed by atoms with Gasteiger partial charge in [0.05, 0.1) is 6.10 Å². The molecule has 2 unspecified atom stereocenters. The largest absolute Gasteiger partial charge is 0.392 e. The fourth-order valence-corrected chi connectivity index (χ4v) is 1.76. The van der Waals surface area contributed by atoms with Crippen molar-refractivity contribution < 1.29 is 5.11 Å². The second-order valence-electron chi connectivity index (χ2n) is 4.33. The van der Waals surface area contributed by atoms with Gasteiger partial charge in [0.15, 0.2) is 0 Å². The highest BCUT2D eigenvalue weighted by molar-refractivity contribution is 5.16. The molecule has 1 aromatic heterocycles. The maximum Gasteiger partial charge on any atom is 0.0623 e. The molecular weight excluding hydrogens is 188 g/mol. The van der Waals surface area contributed by atoms with Crippen LogP contribution in [0.2, 0.25) is 0 Å². The molecule has 0 aliphatic carbocycles. The molecule has 1 heterocycles. The van der Waals surface area contributed by atoms with Gasteiger partial charge in [-0.3, -0.25) is 4.98 Å². The number of hydrogen-bond donors (Lipinski definition) is 2. The van der Waals surface area contributed by atoms with Crippen LogP contribution >= 0.6 is 0 Å². The molecule has 2 atom stereocenters. The maximum absolute atomic E-state index is 10.0. The number of nitrogens with two attached hydrogens (primary N) is 1. The summed E-state index contributed by atoms with van der Waals surface area (Å²) in [6.45, 7) is 4.65. The van der Waals surface area contributed by atoms with E-state index in [-0.39, 0.29) is 12.0 Å². The van der Waals surface area contributed by atoms with Crippen LogP contribution in [0, 0.1) is 5.92 Å². The number of hydrogen-bond acceptors (Lipinski definition) is 3. The Kier molecular flexibility index (Phi) is 4.72. The molecule has 3 heteroatoms. The molecular formula is C12H20N2O. The molecule has 0 fully saturated rings. The van der Waals surface area contributed by atoms with Crippen molar-refractivity contribution in [1.82, 2.24) is 4.98 Å². The lowest BCUT2D eigenvalue weighted by atomic mass is 9.89. The fraction of sp³-hybridized carbons (Fsp3) is 0.583. The molecule has 0 aliphatic heterocycles. The number of rotatable bonds is 5. The first-order valence-corrected chi connectivity index (χ1v) is 5.43. The van der Waals surface area contributed by atoms with Crippen LogP contribution in [0.5, 0.6) is 0 Å². The van der Waals surface area contributed by atoms with Gasteiger partial charge in [0.1, 0.15) is 0 Å². The minimum absolute atomic E-state index is 0.00102. The van der Waals surface area contributed by atoms with Crippen molar-refractivity contribution in [3.8, 4) is 0 Å². The van der Waals surface area contributed by atoms with E-state index in [1.807, 2.05) is 12.1 Å². The number of pyridine rings is 1. The number of aromatic nitrogens is 1. The number of aliphatic hydroxyl groups excluding tert-OH is 1. The molecule has 0 aromatic carbocycles. The van der Waals surface area contributed by atoms with Crippen LogP contribution in [-0.2, 0) is 0 Å². The maximum atomic E-state index is 10.0. The smallest absolute Gasteiger partial charge is 0.0623 e. The van der Waals surface area contributed by atoms with Crippen molar-refractivity contribution in [1.29, 1.82) is 0 Å². The summed E-state index contributed by atoms with van der Waals surface area (Å²) in [5.74, 6) is 0.479. The lowest BCUT2D eigenvalue weighted by Crippen LogP contribution is -2.27. The Labute approximate surface area is 91.3 Å². The van der Waals surface area contributed by atoms with Crippen molar-refractivity contribution in [3.05, 3.63) is 30.1 Å². The molecule has 3 N–H and O–H groups in total. The van der Waals surface area contributed by atoms with Gasteiger partial charge in [-0.2, -0.15) is 0 Å². The van der Waals surface area contributed by atoms with E-state index in [1.54, 1.807) is 12.4 Å². The van der Waals surface area contributed by atoms with Crippen molar-refractivity contribution >= 4 is 0 Å². The van der Waals surface area contributed by atoms with Crippen molar-refractivity contribution in [2.75, 3.05) is 6.54 Å². The van der Waals surface area contributed by atoms with Gasteiger partial charge < -0.3 is 10.8 Å². The van der Waals surface area contributed by atoms with E-state index in [1.165, 1.54) is 0 Å². The predicted octanol–water partition coefficient (Wildman–Crippen LogP) is 1.53. The monoisotopic (exact) mass is 208 g/mol. The minimum atomic E-state index is -0.376. The van der Waals surface area contributed by atoms with E-state index in [0.717, 1.165) is 12.0 Å². The van der Waals surface area contributed by atoms with Crippen molar-refractivity contribution in [3.63, 3.8) is 0 Å². The van der Waals surface area contributed by atoms with Crippen LogP contribution in [0.15, 0.2) is 24.5 Å². The van der Waals surface area contributed by atoms with Crippen LogP contribution in [-0.4, -0.2) is 22.7 Å². The highest BCUT2D eigenvalue weighted by atomic mass is 16.3. The highest BCUT2D eigenvalue weighted by Gasteiger charge is 2.20. The quantitative estimate of drug-likeness (QED) is 0.771. The third-order valence-electron chi connectivity index (χ3n) is 2.54. The van der Waals surface area contributed by atoms with Crippen LogP contribution in [0.1, 0.15) is 31.7 Å². The lowest BCUT2D eigenvalue weighted by molar-refractivity contribution is 0.121. The molecule has 1 aromatic rings. The van der Waals surface area contributed by atoms with Crippen LogP contribution in [0.25, 0.3) is 0 Å². The van der Waals surface area contributed by atoms with E-state index in [4.69, 9.17) is 5.73 Å². The van der Waals surface area contributed by atoms with E-state index in [2.05, 4.69) is 18.8 Å². The first kappa shape index (κ1) is 12.1. The summed E-state index contributed by atoms with van der Waals surface area (Å²) < 4.78 is 0. The van der Waals surface area contributed by atoms with E-state index in [9.17, 15) is 5.11 Å². The van der Waals surface area contributed by atoms with E-state index < -0.39 is 0 Å². The zero-order valence-electron chi connectivity index (χ0n) is 9.43. The molecule has 84 valence electrons. The Hall–Kier alpha value is -0.930. The summed E-state index contributed by atoms with van der Waals surface area (Å²) in [6.07, 6.45) is 3.91. The standard InChI is InChI=1S/C12H20N2O/c1-9(2)6-12(15)11(7-13)10-4-3-5-14-8-10/h3-5,8-9,11-12,15H,6-7,13H2,1-2H3. The van der Waals surface area contributed by atoms with Crippen LogP contribution in [0.4, 0.5) is 0 Å². The number of nitrogens with zero attached hydrogens (tertiary/aromatic N) is 1. The summed E-state index contributed by atoms with van der Waals surface area (Å²) in [4.78, 5) is 4.05. The van der Waals surface area contributed by atoms with Crippen molar-refractivity contribution in [2.45, 2.75) is 32.3 Å². The zero-order valence-corrected chi connectivity index (χ0v) is 9.43. The molecule has 0 spiro atoms. The lowest BCUT2D eigenvalue weighted by Gasteiger charge is -2.22. The summed E-state index contributed by atoms with van der Waals surface area (Å²) in [7, 11) is 0. The van der Waals surface area contributed by atoms with Gasteiger partial charge in [0.25, 0.3) is 0 Å². The Morgan fingerprint density at radius 1 is 1.47 bits per heavy atom. The molecule has 1 rings (SSSR count). The molecule has 0 radical (unpaired) electrons. The molecule has 3 nitrogen and oxygen atoms in total. The molecule has 0 aliphatic rings. The van der Waals surface area contributed by atoms with Gasteiger partial charge in [0, 0.05) is 24.9 Å². The Morgan fingerprint density at radius 3 is 2.67 bits per heavy atom. The van der Waals surface area contributed by atoms with Gasteiger partial charge in [-0.1, -0.05) is 19.9 Å². The van der Waals surface area contributed by atoms with Gasteiger partial charge >= 0.3 is 0 Å². The summed E-state index contributed by atoms with van der Waals surface area (Å²) in [5.41, 5.74) is 6.72. The van der Waals surface area contributed by atoms with Crippen molar-refractivity contribution in [2.24, 2.45) is 11.7 Å². The first-order valence-electron chi connectivity index (χ1n) is 5.43. The second-order valence-corrected chi connectivity index (χ2v) is 4.33. The summed E-state index contributed by atoms with van der Waals surface area (Å²) in [5, 5.41) is 10.0. The molecule has 15 heavy (non-hydrogen) atoms. The SMILES string of the molecule is CC(C)CC(O)C(CN)c1cccnc1. The van der Waals surface area contributed by atoms with Gasteiger partial charge in [-0.15, -0.1) is 0 Å². The van der Waals surface area contributed by atoms with Crippen LogP contribution < -0.4 is 5.73 Å². The van der Waals surface area contributed by atoms with E-state index in [0.29, 0.717) is 12.5 Å². The highest BCUT2D eigenvalue weighted by Crippen LogP contribution is 2.22. The average Bonchev–Trinajstić information content (AvgIpc) is 2.19. The molecule has 0 saturated carbocycles. The zero-order chi connectivity index (χ0) is 11.3. The number of aliphatic hydroxyl groups is 1. The third-order valence-corrected chi connectivity index (χ3v) is 2.54. The van der Waals surface area contributed by atoms with Gasteiger partial charge in [-0.05, 0) is 24.0 Å². The average molecular weight is 208 g/mol. The van der Waals surface area contributed by atoms with E-state index >= 15 is 0 Å². The van der Waals surface area contributed by atoms with Gasteiger partial charge in [-0.25, -0.2) is 0 Å². The molecule has 0 bridgehead atoms. The second kappa shape index (κ2) is 5.83. The topological polar surface area (TPSA) is 59.1 Å². The summed E-state index contributed by atoms with van der Waals surface area (Å²) >= 11 is 0.